The van der Waals surface area contributed by atoms with Gasteiger partial charge in [0.15, 0.2) is 0 Å². The molecular formula is C14H25N3. The second-order valence-electron chi connectivity index (χ2n) is 5.27. The molecule has 0 aromatic carbocycles. The highest BCUT2D eigenvalue weighted by atomic mass is 15.1. The highest BCUT2D eigenvalue weighted by molar-refractivity contribution is 5.04. The summed E-state index contributed by atoms with van der Waals surface area (Å²) in [5.41, 5.74) is 0.325. The number of aryl methyl sites for hydroxylation is 1. The minimum atomic E-state index is 0.325. The molecule has 2 rings (SSSR count). The first kappa shape index (κ1) is 12.6. The summed E-state index contributed by atoms with van der Waals surface area (Å²) in [5.74, 6) is 1.26. The molecule has 0 radical (unpaired) electrons. The Morgan fingerprint density at radius 3 is 2.94 bits per heavy atom. The van der Waals surface area contributed by atoms with E-state index in [-0.39, 0.29) is 0 Å². The smallest absolute Gasteiger partial charge is 0.110 e. The second-order valence-corrected chi connectivity index (χ2v) is 5.27. The van der Waals surface area contributed by atoms with E-state index < -0.39 is 0 Å². The fourth-order valence-electron chi connectivity index (χ4n) is 3.05. The van der Waals surface area contributed by atoms with Crippen LogP contribution in [0, 0.1) is 0 Å². The number of imidazole rings is 1. The molecule has 0 amide bonds. The van der Waals surface area contributed by atoms with Gasteiger partial charge in [-0.1, -0.05) is 20.3 Å². The molecule has 0 saturated carbocycles. The largest absolute Gasteiger partial charge is 0.335 e. The molecule has 17 heavy (non-hydrogen) atoms. The lowest BCUT2D eigenvalue weighted by Crippen LogP contribution is -2.42. The van der Waals surface area contributed by atoms with Crippen LogP contribution >= 0.6 is 0 Å². The van der Waals surface area contributed by atoms with Gasteiger partial charge in [0.1, 0.15) is 5.82 Å². The van der Waals surface area contributed by atoms with Crippen molar-refractivity contribution in [2.75, 3.05) is 6.54 Å². The summed E-state index contributed by atoms with van der Waals surface area (Å²) in [6.07, 6.45) is 11.5. The summed E-state index contributed by atoms with van der Waals surface area (Å²) in [7, 11) is 0. The van der Waals surface area contributed by atoms with Gasteiger partial charge in [0.2, 0.25) is 0 Å². The maximum atomic E-state index is 4.55. The molecule has 1 N–H and O–H groups in total. The number of rotatable bonds is 6. The Morgan fingerprint density at radius 2 is 2.29 bits per heavy atom. The van der Waals surface area contributed by atoms with Gasteiger partial charge in [0.25, 0.3) is 0 Å². The van der Waals surface area contributed by atoms with Gasteiger partial charge in [-0.25, -0.2) is 4.98 Å². The molecule has 1 unspecified atom stereocenters. The molecule has 2 heterocycles. The van der Waals surface area contributed by atoms with Crippen LogP contribution in [0.4, 0.5) is 0 Å². The molecule has 1 saturated heterocycles. The number of hydrogen-bond acceptors (Lipinski definition) is 2. The minimum absolute atomic E-state index is 0.325. The number of hydrogen-bond donors (Lipinski definition) is 1. The van der Waals surface area contributed by atoms with Gasteiger partial charge in [0, 0.05) is 30.9 Å². The zero-order chi connectivity index (χ0) is 12.1. The Morgan fingerprint density at radius 1 is 1.41 bits per heavy atom. The Bertz CT molecular complexity index is 337. The van der Waals surface area contributed by atoms with Crippen molar-refractivity contribution in [2.24, 2.45) is 0 Å². The van der Waals surface area contributed by atoms with Crippen LogP contribution in [-0.4, -0.2) is 21.6 Å². The predicted molar refractivity (Wildman–Crippen MR) is 71.1 cm³/mol. The second kappa shape index (κ2) is 5.67. The molecule has 1 aliphatic rings. The predicted octanol–water partition coefficient (Wildman–Crippen LogP) is 2.76. The zero-order valence-electron chi connectivity index (χ0n) is 11.2. The van der Waals surface area contributed by atoms with Gasteiger partial charge in [-0.3, -0.25) is 0 Å². The van der Waals surface area contributed by atoms with Crippen molar-refractivity contribution in [1.29, 1.82) is 0 Å². The van der Waals surface area contributed by atoms with E-state index in [1.807, 2.05) is 6.20 Å². The van der Waals surface area contributed by atoms with Crippen LogP contribution in [0.15, 0.2) is 12.4 Å². The Hall–Kier alpha value is -0.830. The molecule has 3 nitrogen and oxygen atoms in total. The van der Waals surface area contributed by atoms with Gasteiger partial charge < -0.3 is 9.88 Å². The molecular weight excluding hydrogens is 210 g/mol. The van der Waals surface area contributed by atoms with Gasteiger partial charge >= 0.3 is 0 Å². The van der Waals surface area contributed by atoms with Crippen molar-refractivity contribution >= 4 is 0 Å². The third-order valence-corrected chi connectivity index (χ3v) is 3.82. The van der Waals surface area contributed by atoms with E-state index in [0.29, 0.717) is 5.54 Å². The average Bonchev–Trinajstić information content (AvgIpc) is 2.92. The molecule has 1 aliphatic heterocycles. The molecule has 0 bridgehead atoms. The molecule has 96 valence electrons. The van der Waals surface area contributed by atoms with Crippen LogP contribution in [-0.2, 0) is 13.0 Å². The van der Waals surface area contributed by atoms with Gasteiger partial charge in [0.05, 0.1) is 0 Å². The van der Waals surface area contributed by atoms with Crippen LogP contribution in [0.5, 0.6) is 0 Å². The first-order chi connectivity index (χ1) is 8.29. The fourth-order valence-corrected chi connectivity index (χ4v) is 3.05. The molecule has 1 aromatic heterocycles. The quantitative estimate of drug-likeness (QED) is 0.821. The molecule has 0 spiro atoms. The van der Waals surface area contributed by atoms with Crippen molar-refractivity contribution < 1.29 is 0 Å². The third kappa shape index (κ3) is 2.89. The van der Waals surface area contributed by atoms with Gasteiger partial charge in [-0.15, -0.1) is 0 Å². The number of aromatic nitrogens is 2. The molecule has 3 heteroatoms. The van der Waals surface area contributed by atoms with E-state index in [2.05, 4.69) is 34.9 Å². The maximum absolute atomic E-state index is 4.55. The van der Waals surface area contributed by atoms with E-state index in [1.54, 1.807) is 0 Å². The average molecular weight is 235 g/mol. The lowest BCUT2D eigenvalue weighted by Gasteiger charge is -2.29. The molecule has 0 aliphatic carbocycles. The topological polar surface area (TPSA) is 29.9 Å². The Kier molecular flexibility index (Phi) is 4.21. The van der Waals surface area contributed by atoms with Crippen LogP contribution in [0.25, 0.3) is 0 Å². The summed E-state index contributed by atoms with van der Waals surface area (Å²) < 4.78 is 2.32. The SMILES string of the molecule is CCCn1ccnc1CC1(CCC)CCCN1. The van der Waals surface area contributed by atoms with Crippen molar-refractivity contribution in [3.05, 3.63) is 18.2 Å². The number of nitrogens with zero attached hydrogens (tertiary/aromatic N) is 2. The molecule has 1 fully saturated rings. The Labute approximate surface area is 105 Å². The zero-order valence-corrected chi connectivity index (χ0v) is 11.2. The van der Waals surface area contributed by atoms with Crippen LogP contribution in [0.3, 0.4) is 0 Å². The fraction of sp³-hybridized carbons (Fsp3) is 0.786. The molecule has 1 atom stereocenters. The first-order valence-electron chi connectivity index (χ1n) is 7.05. The third-order valence-electron chi connectivity index (χ3n) is 3.82. The van der Waals surface area contributed by atoms with Crippen LogP contribution in [0.2, 0.25) is 0 Å². The van der Waals surface area contributed by atoms with Crippen LogP contribution in [0.1, 0.15) is 51.8 Å². The lowest BCUT2D eigenvalue weighted by molar-refractivity contribution is 0.330. The van der Waals surface area contributed by atoms with E-state index in [0.717, 1.165) is 13.0 Å². The highest BCUT2D eigenvalue weighted by Gasteiger charge is 2.33. The lowest BCUT2D eigenvalue weighted by atomic mass is 9.88. The first-order valence-corrected chi connectivity index (χ1v) is 7.05. The standard InChI is InChI=1S/C14H25N3/c1-3-6-14(7-5-8-16-14)12-13-15-9-11-17(13)10-4-2/h9,11,16H,3-8,10,12H2,1-2H3. The monoisotopic (exact) mass is 235 g/mol. The summed E-state index contributed by atoms with van der Waals surface area (Å²) in [4.78, 5) is 4.55. The summed E-state index contributed by atoms with van der Waals surface area (Å²) in [6, 6.07) is 0. The van der Waals surface area contributed by atoms with Crippen molar-refractivity contribution in [3.63, 3.8) is 0 Å². The number of nitrogens with one attached hydrogen (secondary N) is 1. The Balaban J connectivity index is 2.08. The van der Waals surface area contributed by atoms with E-state index >= 15 is 0 Å². The van der Waals surface area contributed by atoms with Gasteiger partial charge in [-0.05, 0) is 32.2 Å². The summed E-state index contributed by atoms with van der Waals surface area (Å²) >= 11 is 0. The van der Waals surface area contributed by atoms with Crippen molar-refractivity contribution in [3.8, 4) is 0 Å². The maximum Gasteiger partial charge on any atom is 0.110 e. The van der Waals surface area contributed by atoms with E-state index in [1.165, 1.54) is 44.5 Å². The van der Waals surface area contributed by atoms with Crippen LogP contribution < -0.4 is 5.32 Å². The van der Waals surface area contributed by atoms with Gasteiger partial charge in [-0.2, -0.15) is 0 Å². The van der Waals surface area contributed by atoms with E-state index in [9.17, 15) is 0 Å². The normalized spacial score (nSPS) is 24.4. The summed E-state index contributed by atoms with van der Waals surface area (Å²) in [5, 5.41) is 3.73. The van der Waals surface area contributed by atoms with Crippen molar-refractivity contribution in [1.82, 2.24) is 14.9 Å². The van der Waals surface area contributed by atoms with Crippen molar-refractivity contribution in [2.45, 2.75) is 64.5 Å². The summed E-state index contributed by atoms with van der Waals surface area (Å²) in [6.45, 7) is 6.77. The van der Waals surface area contributed by atoms with E-state index in [4.69, 9.17) is 0 Å². The molecule has 1 aromatic rings. The highest BCUT2D eigenvalue weighted by Crippen LogP contribution is 2.28. The minimum Gasteiger partial charge on any atom is -0.335 e.